The molecule has 2 heterocycles. The van der Waals surface area contributed by atoms with E-state index < -0.39 is 0 Å². The Kier molecular flexibility index (Phi) is 5.81. The molecule has 1 N–H and O–H groups in total. The van der Waals surface area contributed by atoms with Gasteiger partial charge in [-0.3, -0.25) is 9.59 Å². The zero-order valence-corrected chi connectivity index (χ0v) is 15.5. The summed E-state index contributed by atoms with van der Waals surface area (Å²) in [6, 6.07) is 14.7. The zero-order valence-electron chi connectivity index (χ0n) is 13.1. The lowest BCUT2D eigenvalue weighted by Gasteiger charge is -2.00. The number of ketones is 1. The fourth-order valence-electron chi connectivity index (χ4n) is 2.13. The van der Waals surface area contributed by atoms with Crippen LogP contribution in [0.3, 0.4) is 0 Å². The molecule has 0 unspecified atom stereocenters. The summed E-state index contributed by atoms with van der Waals surface area (Å²) in [5.41, 5.74) is 0.791. The molecule has 0 aliphatic heterocycles. The minimum atomic E-state index is -0.209. The van der Waals surface area contributed by atoms with Crippen LogP contribution in [0.1, 0.15) is 25.0 Å². The molecular weight excluding hydrogens is 374 g/mol. The largest absolute Gasteiger partial charge is 0.348 e. The van der Waals surface area contributed by atoms with Gasteiger partial charge >= 0.3 is 0 Å². The van der Waals surface area contributed by atoms with Gasteiger partial charge in [0.2, 0.25) is 11.7 Å². The highest BCUT2D eigenvalue weighted by atomic mass is 35.5. The standard InChI is InChI=1S/C19H14ClNO2S2/c20-15-5-2-1-4-13(15)7-10-18(22)21-12-14-8-9-17(25-14)19(23)16-6-3-11-24-16/h1-11H,12H2,(H,21,22)/b10-7+. The summed E-state index contributed by atoms with van der Waals surface area (Å²) in [4.78, 5) is 26.5. The van der Waals surface area contributed by atoms with Crippen molar-refractivity contribution in [1.29, 1.82) is 0 Å². The molecule has 0 bridgehead atoms. The van der Waals surface area contributed by atoms with Crippen molar-refractivity contribution in [1.82, 2.24) is 5.32 Å². The molecule has 25 heavy (non-hydrogen) atoms. The van der Waals surface area contributed by atoms with E-state index in [-0.39, 0.29) is 11.7 Å². The van der Waals surface area contributed by atoms with Gasteiger partial charge in [-0.05, 0) is 41.3 Å². The van der Waals surface area contributed by atoms with Crippen LogP contribution in [0.2, 0.25) is 5.02 Å². The maximum atomic E-state index is 12.3. The first-order chi connectivity index (χ1) is 12.1. The Morgan fingerprint density at radius 2 is 1.88 bits per heavy atom. The van der Waals surface area contributed by atoms with Crippen LogP contribution in [0.4, 0.5) is 0 Å². The topological polar surface area (TPSA) is 46.2 Å². The predicted molar refractivity (Wildman–Crippen MR) is 104 cm³/mol. The van der Waals surface area contributed by atoms with Crippen LogP contribution in [0.25, 0.3) is 6.08 Å². The number of rotatable bonds is 6. The SMILES string of the molecule is O=C(/C=C/c1ccccc1Cl)NCc1ccc(C(=O)c2cccs2)s1. The quantitative estimate of drug-likeness (QED) is 0.476. The van der Waals surface area contributed by atoms with E-state index in [0.717, 1.165) is 15.3 Å². The molecule has 0 fully saturated rings. The molecule has 0 saturated heterocycles. The van der Waals surface area contributed by atoms with Crippen LogP contribution in [0.15, 0.2) is 60.0 Å². The normalized spacial score (nSPS) is 10.9. The lowest BCUT2D eigenvalue weighted by molar-refractivity contribution is -0.116. The third-order valence-corrected chi connectivity index (χ3v) is 5.68. The second-order valence-electron chi connectivity index (χ2n) is 5.15. The Balaban J connectivity index is 1.56. The number of carbonyl (C=O) groups is 2. The van der Waals surface area contributed by atoms with E-state index in [1.807, 2.05) is 41.8 Å². The van der Waals surface area contributed by atoms with Crippen molar-refractivity contribution >= 4 is 52.0 Å². The van der Waals surface area contributed by atoms with E-state index >= 15 is 0 Å². The van der Waals surface area contributed by atoms with Gasteiger partial charge in [0, 0.05) is 16.0 Å². The number of thiophene rings is 2. The summed E-state index contributed by atoms with van der Waals surface area (Å²) in [5.74, 6) is -0.185. The molecule has 0 spiro atoms. The predicted octanol–water partition coefficient (Wildman–Crippen LogP) is 5.02. The monoisotopic (exact) mass is 387 g/mol. The molecule has 0 saturated carbocycles. The average molecular weight is 388 g/mol. The van der Waals surface area contributed by atoms with Crippen molar-refractivity contribution in [2.45, 2.75) is 6.54 Å². The Morgan fingerprint density at radius 3 is 2.64 bits per heavy atom. The summed E-state index contributed by atoms with van der Waals surface area (Å²) in [6.45, 7) is 0.383. The van der Waals surface area contributed by atoms with Crippen molar-refractivity contribution in [3.05, 3.63) is 85.2 Å². The Labute approximate surface area is 158 Å². The molecule has 2 aromatic heterocycles. The minimum absolute atomic E-state index is 0.0243. The summed E-state index contributed by atoms with van der Waals surface area (Å²) in [7, 11) is 0. The van der Waals surface area contributed by atoms with Gasteiger partial charge in [-0.25, -0.2) is 0 Å². The van der Waals surface area contributed by atoms with E-state index in [9.17, 15) is 9.59 Å². The van der Waals surface area contributed by atoms with Gasteiger partial charge in [-0.1, -0.05) is 35.9 Å². The highest BCUT2D eigenvalue weighted by Gasteiger charge is 2.12. The molecule has 0 atom stereocenters. The van der Waals surface area contributed by atoms with E-state index in [2.05, 4.69) is 5.32 Å². The third kappa shape index (κ3) is 4.66. The minimum Gasteiger partial charge on any atom is -0.348 e. The molecule has 126 valence electrons. The first-order valence-electron chi connectivity index (χ1n) is 7.51. The van der Waals surface area contributed by atoms with Gasteiger partial charge in [-0.2, -0.15) is 0 Å². The summed E-state index contributed by atoms with van der Waals surface area (Å²) in [5, 5.41) is 5.29. The zero-order chi connectivity index (χ0) is 17.6. The van der Waals surface area contributed by atoms with E-state index in [1.54, 1.807) is 18.2 Å². The Morgan fingerprint density at radius 1 is 1.04 bits per heavy atom. The molecular formula is C19H14ClNO2S2. The third-order valence-electron chi connectivity index (χ3n) is 3.39. The highest BCUT2D eigenvalue weighted by molar-refractivity contribution is 7.16. The average Bonchev–Trinajstić information content (AvgIpc) is 3.30. The molecule has 1 aromatic carbocycles. The van der Waals surface area contributed by atoms with Crippen LogP contribution in [-0.4, -0.2) is 11.7 Å². The fourth-order valence-corrected chi connectivity index (χ4v) is 3.98. The molecule has 3 rings (SSSR count). The van der Waals surface area contributed by atoms with Crippen molar-refractivity contribution in [3.63, 3.8) is 0 Å². The van der Waals surface area contributed by atoms with Crippen LogP contribution in [0, 0.1) is 0 Å². The first kappa shape index (κ1) is 17.6. The molecule has 3 aromatic rings. The molecule has 1 amide bonds. The number of hydrogen-bond donors (Lipinski definition) is 1. The lowest BCUT2D eigenvalue weighted by Crippen LogP contribution is -2.19. The van der Waals surface area contributed by atoms with E-state index in [4.69, 9.17) is 11.6 Å². The van der Waals surface area contributed by atoms with E-state index in [1.165, 1.54) is 28.7 Å². The van der Waals surface area contributed by atoms with Gasteiger partial charge < -0.3 is 5.32 Å². The number of carbonyl (C=O) groups excluding carboxylic acids is 2. The van der Waals surface area contributed by atoms with Crippen molar-refractivity contribution in [2.75, 3.05) is 0 Å². The maximum absolute atomic E-state index is 12.3. The molecule has 0 radical (unpaired) electrons. The molecule has 6 heteroatoms. The highest BCUT2D eigenvalue weighted by Crippen LogP contribution is 2.22. The Hall–Kier alpha value is -2.21. The molecule has 0 aliphatic rings. The van der Waals surface area contributed by atoms with Crippen molar-refractivity contribution in [3.8, 4) is 0 Å². The van der Waals surface area contributed by atoms with Gasteiger partial charge in [-0.15, -0.1) is 22.7 Å². The lowest BCUT2D eigenvalue weighted by atomic mass is 10.2. The smallest absolute Gasteiger partial charge is 0.244 e. The fraction of sp³-hybridized carbons (Fsp3) is 0.0526. The van der Waals surface area contributed by atoms with Crippen LogP contribution >= 0.6 is 34.3 Å². The van der Waals surface area contributed by atoms with Gasteiger partial charge in [0.15, 0.2) is 0 Å². The summed E-state index contributed by atoms with van der Waals surface area (Å²) < 4.78 is 0. The second kappa shape index (κ2) is 8.25. The maximum Gasteiger partial charge on any atom is 0.244 e. The van der Waals surface area contributed by atoms with Crippen molar-refractivity contribution < 1.29 is 9.59 Å². The summed E-state index contributed by atoms with van der Waals surface area (Å²) in [6.07, 6.45) is 3.13. The molecule has 3 nitrogen and oxygen atoms in total. The number of hydrogen-bond acceptors (Lipinski definition) is 4. The van der Waals surface area contributed by atoms with E-state index in [0.29, 0.717) is 16.4 Å². The summed E-state index contributed by atoms with van der Waals surface area (Å²) >= 11 is 8.86. The van der Waals surface area contributed by atoms with Crippen LogP contribution in [0.5, 0.6) is 0 Å². The van der Waals surface area contributed by atoms with Gasteiger partial charge in [0.05, 0.1) is 16.3 Å². The van der Waals surface area contributed by atoms with Crippen LogP contribution < -0.4 is 5.32 Å². The molecule has 0 aliphatic carbocycles. The Bertz CT molecular complexity index is 913. The second-order valence-corrected chi connectivity index (χ2v) is 7.67. The number of amides is 1. The van der Waals surface area contributed by atoms with Gasteiger partial charge in [0.1, 0.15) is 0 Å². The van der Waals surface area contributed by atoms with Gasteiger partial charge in [0.25, 0.3) is 0 Å². The number of nitrogens with one attached hydrogen (secondary N) is 1. The van der Waals surface area contributed by atoms with Crippen molar-refractivity contribution in [2.24, 2.45) is 0 Å². The van der Waals surface area contributed by atoms with Crippen LogP contribution in [-0.2, 0) is 11.3 Å². The number of benzene rings is 1. The number of halogens is 1. The first-order valence-corrected chi connectivity index (χ1v) is 9.58.